The lowest BCUT2D eigenvalue weighted by atomic mass is 10.2. The van der Waals surface area contributed by atoms with Crippen molar-refractivity contribution in [2.75, 3.05) is 59.5 Å². The first kappa shape index (κ1) is 17.3. The average molecular weight is 353 g/mol. The maximum absolute atomic E-state index is 12.6. The van der Waals surface area contributed by atoms with E-state index in [2.05, 4.69) is 4.90 Å². The summed E-state index contributed by atoms with van der Waals surface area (Å²) in [5, 5.41) is 0. The largest absolute Gasteiger partial charge is 0.379 e. The van der Waals surface area contributed by atoms with Crippen molar-refractivity contribution in [1.29, 1.82) is 0 Å². The fourth-order valence-corrected chi connectivity index (χ4v) is 4.31. The number of nitrogens with zero attached hydrogens (tertiary/aromatic N) is 3. The number of morpholine rings is 1. The van der Waals surface area contributed by atoms with Crippen LogP contribution in [0.25, 0.3) is 0 Å². The van der Waals surface area contributed by atoms with Gasteiger partial charge in [-0.3, -0.25) is 4.79 Å². The Balaban J connectivity index is 1.72. The second kappa shape index (κ2) is 7.18. The third-order valence-corrected chi connectivity index (χ3v) is 6.41. The van der Waals surface area contributed by atoms with E-state index in [1.54, 1.807) is 12.1 Å². The molecule has 3 rings (SSSR count). The van der Waals surface area contributed by atoms with Crippen LogP contribution in [0.1, 0.15) is 10.4 Å². The van der Waals surface area contributed by atoms with Crippen molar-refractivity contribution < 1.29 is 17.9 Å². The van der Waals surface area contributed by atoms with Gasteiger partial charge in [0.25, 0.3) is 5.91 Å². The highest BCUT2D eigenvalue weighted by Crippen LogP contribution is 2.18. The van der Waals surface area contributed by atoms with Crippen molar-refractivity contribution in [1.82, 2.24) is 14.1 Å². The average Bonchev–Trinajstić information content (AvgIpc) is 2.62. The minimum absolute atomic E-state index is 0.0431. The molecule has 0 saturated carbocycles. The molecule has 0 aliphatic carbocycles. The normalized spacial score (nSPS) is 21.0. The van der Waals surface area contributed by atoms with Crippen LogP contribution in [0.5, 0.6) is 0 Å². The summed E-state index contributed by atoms with van der Waals surface area (Å²) in [6.45, 7) is 4.67. The summed E-state index contributed by atoms with van der Waals surface area (Å²) >= 11 is 0. The van der Waals surface area contributed by atoms with Gasteiger partial charge in [-0.15, -0.1) is 0 Å². The summed E-state index contributed by atoms with van der Waals surface area (Å²) in [5.41, 5.74) is 0.528. The Labute approximate surface area is 142 Å². The number of carbonyl (C=O) groups excluding carboxylic acids is 1. The summed E-state index contributed by atoms with van der Waals surface area (Å²) in [4.78, 5) is 16.7. The van der Waals surface area contributed by atoms with Crippen molar-refractivity contribution >= 4 is 15.9 Å². The van der Waals surface area contributed by atoms with E-state index in [0.29, 0.717) is 45.0 Å². The molecule has 1 amide bonds. The van der Waals surface area contributed by atoms with Gasteiger partial charge in [-0.2, -0.15) is 4.31 Å². The minimum Gasteiger partial charge on any atom is -0.379 e. The Bertz CT molecular complexity index is 676. The van der Waals surface area contributed by atoms with Crippen LogP contribution in [0, 0.1) is 0 Å². The maximum Gasteiger partial charge on any atom is 0.253 e. The van der Waals surface area contributed by atoms with Crippen LogP contribution in [-0.4, -0.2) is 88.0 Å². The number of hydrogen-bond acceptors (Lipinski definition) is 5. The molecule has 0 radical (unpaired) electrons. The van der Waals surface area contributed by atoms with E-state index >= 15 is 0 Å². The predicted octanol–water partition coefficient (Wildman–Crippen LogP) is 0.0951. The van der Waals surface area contributed by atoms with Gasteiger partial charge < -0.3 is 14.5 Å². The van der Waals surface area contributed by atoms with Gasteiger partial charge in [-0.1, -0.05) is 0 Å². The van der Waals surface area contributed by atoms with Crippen LogP contribution in [0.3, 0.4) is 0 Å². The maximum atomic E-state index is 12.6. The fraction of sp³-hybridized carbons (Fsp3) is 0.562. The Kier molecular flexibility index (Phi) is 5.19. The van der Waals surface area contributed by atoms with Crippen LogP contribution in [-0.2, 0) is 14.8 Å². The second-order valence-corrected chi connectivity index (χ2v) is 8.07. The third kappa shape index (κ3) is 3.61. The molecule has 2 fully saturated rings. The topological polar surface area (TPSA) is 70.2 Å². The number of likely N-dealkylation sites (N-methyl/N-ethyl adjacent to an activating group) is 1. The summed E-state index contributed by atoms with van der Waals surface area (Å²) in [6.07, 6.45) is 0. The van der Waals surface area contributed by atoms with Crippen LogP contribution < -0.4 is 0 Å². The lowest BCUT2D eigenvalue weighted by Gasteiger charge is -2.32. The van der Waals surface area contributed by atoms with E-state index in [1.807, 2.05) is 11.9 Å². The van der Waals surface area contributed by atoms with E-state index < -0.39 is 10.0 Å². The molecule has 0 spiro atoms. The molecular weight excluding hydrogens is 330 g/mol. The zero-order valence-corrected chi connectivity index (χ0v) is 14.7. The highest BCUT2D eigenvalue weighted by Gasteiger charge is 2.27. The number of ether oxygens (including phenoxy) is 1. The lowest BCUT2D eigenvalue weighted by Crippen LogP contribution is -2.47. The number of piperazine rings is 1. The van der Waals surface area contributed by atoms with Crippen LogP contribution in [0.15, 0.2) is 29.2 Å². The molecule has 132 valence electrons. The molecule has 7 nitrogen and oxygen atoms in total. The molecular formula is C16H23N3O4S. The van der Waals surface area contributed by atoms with Gasteiger partial charge >= 0.3 is 0 Å². The first-order valence-corrected chi connectivity index (χ1v) is 9.58. The molecule has 8 heteroatoms. The molecule has 0 bridgehead atoms. The van der Waals surface area contributed by atoms with Gasteiger partial charge in [-0.25, -0.2) is 8.42 Å². The molecule has 1 aromatic rings. The molecule has 2 aliphatic heterocycles. The monoisotopic (exact) mass is 353 g/mol. The molecule has 0 N–H and O–H groups in total. The van der Waals surface area contributed by atoms with Gasteiger partial charge in [-0.05, 0) is 31.3 Å². The van der Waals surface area contributed by atoms with Crippen LogP contribution in [0.4, 0.5) is 0 Å². The summed E-state index contributed by atoms with van der Waals surface area (Å²) in [7, 11) is -1.48. The van der Waals surface area contributed by atoms with Gasteiger partial charge in [0.05, 0.1) is 18.1 Å². The van der Waals surface area contributed by atoms with Crippen molar-refractivity contribution in [2.24, 2.45) is 0 Å². The number of hydrogen-bond donors (Lipinski definition) is 0. The highest BCUT2D eigenvalue weighted by atomic mass is 32.2. The zero-order chi connectivity index (χ0) is 17.2. The molecule has 2 heterocycles. The summed E-state index contributed by atoms with van der Waals surface area (Å²) in [6, 6.07) is 6.25. The number of rotatable bonds is 3. The Hall–Kier alpha value is -1.48. The number of sulfonamides is 1. The molecule has 1 aromatic carbocycles. The molecule has 24 heavy (non-hydrogen) atoms. The van der Waals surface area contributed by atoms with E-state index in [9.17, 15) is 13.2 Å². The Morgan fingerprint density at radius 3 is 2.12 bits per heavy atom. The van der Waals surface area contributed by atoms with Crippen molar-refractivity contribution in [3.05, 3.63) is 29.8 Å². The van der Waals surface area contributed by atoms with Crippen LogP contribution in [0.2, 0.25) is 0 Å². The number of benzene rings is 1. The van der Waals surface area contributed by atoms with E-state index in [1.165, 1.54) is 16.4 Å². The van der Waals surface area contributed by atoms with Gasteiger partial charge in [0.2, 0.25) is 10.0 Å². The zero-order valence-electron chi connectivity index (χ0n) is 13.8. The molecule has 0 aromatic heterocycles. The first-order valence-electron chi connectivity index (χ1n) is 8.14. The number of carbonyl (C=O) groups is 1. The smallest absolute Gasteiger partial charge is 0.253 e. The van der Waals surface area contributed by atoms with E-state index in [-0.39, 0.29) is 10.8 Å². The Morgan fingerprint density at radius 1 is 0.958 bits per heavy atom. The van der Waals surface area contributed by atoms with Gasteiger partial charge in [0.15, 0.2) is 0 Å². The van der Waals surface area contributed by atoms with Crippen molar-refractivity contribution in [2.45, 2.75) is 4.90 Å². The standard InChI is InChI=1S/C16H23N3O4S/c1-17-6-8-18(9-7-17)16(20)14-2-4-15(5-3-14)24(21,22)19-10-12-23-13-11-19/h2-5H,6-13H2,1H3. The first-order chi connectivity index (χ1) is 11.5. The molecule has 2 saturated heterocycles. The number of amides is 1. The van der Waals surface area contributed by atoms with E-state index in [0.717, 1.165) is 13.1 Å². The van der Waals surface area contributed by atoms with E-state index in [4.69, 9.17) is 4.74 Å². The summed E-state index contributed by atoms with van der Waals surface area (Å²) < 4.78 is 31.8. The molecule has 0 unspecified atom stereocenters. The van der Waals surface area contributed by atoms with Gasteiger partial charge in [0.1, 0.15) is 0 Å². The summed E-state index contributed by atoms with van der Waals surface area (Å²) in [5.74, 6) is -0.0431. The molecule has 2 aliphatic rings. The quantitative estimate of drug-likeness (QED) is 0.771. The minimum atomic E-state index is -3.51. The van der Waals surface area contributed by atoms with Crippen molar-refractivity contribution in [3.8, 4) is 0 Å². The third-order valence-electron chi connectivity index (χ3n) is 4.50. The van der Waals surface area contributed by atoms with Crippen LogP contribution >= 0.6 is 0 Å². The second-order valence-electron chi connectivity index (χ2n) is 6.14. The predicted molar refractivity (Wildman–Crippen MR) is 89.4 cm³/mol. The van der Waals surface area contributed by atoms with Gasteiger partial charge in [0, 0.05) is 44.8 Å². The Morgan fingerprint density at radius 2 is 1.54 bits per heavy atom. The lowest BCUT2D eigenvalue weighted by molar-refractivity contribution is 0.0664. The molecule has 0 atom stereocenters. The van der Waals surface area contributed by atoms with Crippen molar-refractivity contribution in [3.63, 3.8) is 0 Å². The SMILES string of the molecule is CN1CCN(C(=O)c2ccc(S(=O)(=O)N3CCOCC3)cc2)CC1. The fourth-order valence-electron chi connectivity index (χ4n) is 2.90. The highest BCUT2D eigenvalue weighted by molar-refractivity contribution is 7.89.